The molecule has 4 heteroatoms. The van der Waals surface area contributed by atoms with Crippen LogP contribution in [0.2, 0.25) is 0 Å². The fraction of sp³-hybridized carbons (Fsp3) is 0.368. The minimum Gasteiger partial charge on any atom is -0.207 e. The quantitative estimate of drug-likeness (QED) is 0.837. The third kappa shape index (κ3) is 3.65. The van der Waals surface area contributed by atoms with Crippen molar-refractivity contribution in [2.24, 2.45) is 0 Å². The van der Waals surface area contributed by atoms with E-state index in [1.807, 2.05) is 37.3 Å². The molecule has 0 radical (unpaired) electrons. The Hall–Kier alpha value is -1.65. The Kier molecular flexibility index (Phi) is 4.83. The van der Waals surface area contributed by atoms with Gasteiger partial charge in [-0.3, -0.25) is 0 Å². The number of hydrogen-bond donors (Lipinski definition) is 0. The number of aryl methyl sites for hydroxylation is 2. The summed E-state index contributed by atoms with van der Waals surface area (Å²) in [7, 11) is -3.38. The van der Waals surface area contributed by atoms with E-state index in [1.54, 1.807) is 16.4 Å². The van der Waals surface area contributed by atoms with Gasteiger partial charge in [0.2, 0.25) is 10.0 Å². The molecule has 0 N–H and O–H groups in total. The maximum atomic E-state index is 12.9. The fourth-order valence-corrected chi connectivity index (χ4v) is 4.96. The lowest BCUT2D eigenvalue weighted by molar-refractivity contribution is 0.370. The van der Waals surface area contributed by atoms with Crippen LogP contribution in [0.15, 0.2) is 59.5 Å². The normalized spacial score (nSPS) is 19.1. The van der Waals surface area contributed by atoms with E-state index < -0.39 is 10.0 Å². The summed E-state index contributed by atoms with van der Waals surface area (Å²) in [5.74, 6) is 0. The Balaban J connectivity index is 1.74. The van der Waals surface area contributed by atoms with Gasteiger partial charge in [-0.05, 0) is 50.3 Å². The van der Waals surface area contributed by atoms with Crippen molar-refractivity contribution in [3.8, 4) is 0 Å². The van der Waals surface area contributed by atoms with Crippen molar-refractivity contribution in [3.63, 3.8) is 0 Å². The van der Waals surface area contributed by atoms with Crippen LogP contribution in [0.25, 0.3) is 0 Å². The molecule has 2 aromatic rings. The molecule has 23 heavy (non-hydrogen) atoms. The lowest BCUT2D eigenvalue weighted by Crippen LogP contribution is -2.35. The summed E-state index contributed by atoms with van der Waals surface area (Å²) in [4.78, 5) is 0.412. The molecule has 3 nitrogen and oxygen atoms in total. The highest BCUT2D eigenvalue weighted by Crippen LogP contribution is 2.28. The third-order valence-electron chi connectivity index (χ3n) is 4.56. The molecular formula is C19H23NO2S. The van der Waals surface area contributed by atoms with Crippen LogP contribution < -0.4 is 0 Å². The van der Waals surface area contributed by atoms with Crippen LogP contribution in [0.4, 0.5) is 0 Å². The largest absolute Gasteiger partial charge is 0.243 e. The van der Waals surface area contributed by atoms with Gasteiger partial charge in [-0.15, -0.1) is 0 Å². The molecule has 1 aliphatic rings. The van der Waals surface area contributed by atoms with E-state index in [4.69, 9.17) is 0 Å². The van der Waals surface area contributed by atoms with E-state index in [1.165, 1.54) is 5.56 Å². The molecule has 122 valence electrons. The molecule has 0 saturated carbocycles. The lowest BCUT2D eigenvalue weighted by Gasteiger charge is -2.24. The molecular weight excluding hydrogens is 306 g/mol. The van der Waals surface area contributed by atoms with E-state index in [0.717, 1.165) is 31.2 Å². The molecule has 1 aliphatic heterocycles. The zero-order valence-corrected chi connectivity index (χ0v) is 14.3. The zero-order chi connectivity index (χ0) is 16.3. The first-order valence-electron chi connectivity index (χ1n) is 8.20. The van der Waals surface area contributed by atoms with Gasteiger partial charge in [0.1, 0.15) is 0 Å². The standard InChI is InChI=1S/C19H23NO2S/c1-16-9-13-19(14-10-16)23(21,22)20-15-5-8-18(20)12-11-17-6-3-2-4-7-17/h2-4,6-7,9-10,13-14,18H,5,8,11-12,15H2,1H3/t18-/m0/s1. The van der Waals surface area contributed by atoms with E-state index >= 15 is 0 Å². The third-order valence-corrected chi connectivity index (χ3v) is 6.53. The highest BCUT2D eigenvalue weighted by molar-refractivity contribution is 7.89. The van der Waals surface area contributed by atoms with Crippen LogP contribution >= 0.6 is 0 Å². The van der Waals surface area contributed by atoms with Crippen molar-refractivity contribution in [2.75, 3.05) is 6.54 Å². The van der Waals surface area contributed by atoms with Crippen LogP contribution in [0.3, 0.4) is 0 Å². The van der Waals surface area contributed by atoms with Crippen LogP contribution in [0.5, 0.6) is 0 Å². The Morgan fingerprint density at radius 1 is 1.04 bits per heavy atom. The number of rotatable bonds is 5. The van der Waals surface area contributed by atoms with Crippen molar-refractivity contribution in [3.05, 3.63) is 65.7 Å². The second-order valence-electron chi connectivity index (χ2n) is 6.25. The van der Waals surface area contributed by atoms with Gasteiger partial charge >= 0.3 is 0 Å². The summed E-state index contributed by atoms with van der Waals surface area (Å²) >= 11 is 0. The molecule has 0 unspecified atom stereocenters. The molecule has 1 heterocycles. The summed E-state index contributed by atoms with van der Waals surface area (Å²) in [6.07, 6.45) is 3.71. The predicted molar refractivity (Wildman–Crippen MR) is 92.9 cm³/mol. The minimum atomic E-state index is -3.38. The van der Waals surface area contributed by atoms with Crippen LogP contribution in [-0.2, 0) is 16.4 Å². The molecule has 1 fully saturated rings. The summed E-state index contributed by atoms with van der Waals surface area (Å²) in [6, 6.07) is 17.6. The second kappa shape index (κ2) is 6.85. The van der Waals surface area contributed by atoms with E-state index in [-0.39, 0.29) is 6.04 Å². The van der Waals surface area contributed by atoms with Crippen molar-refractivity contribution in [1.82, 2.24) is 4.31 Å². The molecule has 0 bridgehead atoms. The highest BCUT2D eigenvalue weighted by atomic mass is 32.2. The summed E-state index contributed by atoms with van der Waals surface area (Å²) in [5, 5.41) is 0. The Bertz CT molecular complexity index is 739. The van der Waals surface area contributed by atoms with Crippen molar-refractivity contribution in [1.29, 1.82) is 0 Å². The van der Waals surface area contributed by atoms with Gasteiger partial charge in [-0.1, -0.05) is 48.0 Å². The Morgan fingerprint density at radius 2 is 1.74 bits per heavy atom. The fourth-order valence-electron chi connectivity index (χ4n) is 3.24. The molecule has 3 rings (SSSR count). The van der Waals surface area contributed by atoms with Crippen LogP contribution in [0.1, 0.15) is 30.4 Å². The van der Waals surface area contributed by atoms with Crippen molar-refractivity contribution >= 4 is 10.0 Å². The average molecular weight is 329 g/mol. The first-order valence-corrected chi connectivity index (χ1v) is 9.64. The topological polar surface area (TPSA) is 37.4 Å². The molecule has 0 spiro atoms. The highest BCUT2D eigenvalue weighted by Gasteiger charge is 2.34. The van der Waals surface area contributed by atoms with E-state index in [2.05, 4.69) is 12.1 Å². The summed E-state index contributed by atoms with van der Waals surface area (Å²) < 4.78 is 27.5. The number of benzene rings is 2. The summed E-state index contributed by atoms with van der Waals surface area (Å²) in [5.41, 5.74) is 2.35. The van der Waals surface area contributed by atoms with Gasteiger partial charge in [0, 0.05) is 12.6 Å². The summed E-state index contributed by atoms with van der Waals surface area (Å²) in [6.45, 7) is 2.60. The Morgan fingerprint density at radius 3 is 2.43 bits per heavy atom. The van der Waals surface area contributed by atoms with Crippen LogP contribution in [-0.4, -0.2) is 25.3 Å². The van der Waals surface area contributed by atoms with Gasteiger partial charge in [0.25, 0.3) is 0 Å². The number of hydrogen-bond acceptors (Lipinski definition) is 2. The smallest absolute Gasteiger partial charge is 0.207 e. The average Bonchev–Trinajstić information content (AvgIpc) is 3.04. The van der Waals surface area contributed by atoms with Gasteiger partial charge in [0.05, 0.1) is 4.90 Å². The first-order chi connectivity index (χ1) is 11.1. The number of nitrogens with zero attached hydrogens (tertiary/aromatic N) is 1. The molecule has 0 aromatic heterocycles. The monoisotopic (exact) mass is 329 g/mol. The van der Waals surface area contributed by atoms with Gasteiger partial charge in [-0.2, -0.15) is 4.31 Å². The lowest BCUT2D eigenvalue weighted by atomic mass is 10.0. The molecule has 1 saturated heterocycles. The molecule has 0 aliphatic carbocycles. The van der Waals surface area contributed by atoms with Gasteiger partial charge < -0.3 is 0 Å². The first kappa shape index (κ1) is 16.2. The maximum absolute atomic E-state index is 12.9. The maximum Gasteiger partial charge on any atom is 0.243 e. The molecule has 2 aromatic carbocycles. The molecule has 1 atom stereocenters. The SMILES string of the molecule is Cc1ccc(S(=O)(=O)N2CCC[C@H]2CCc2ccccc2)cc1. The van der Waals surface area contributed by atoms with Gasteiger partial charge in [-0.25, -0.2) is 8.42 Å². The minimum absolute atomic E-state index is 0.113. The van der Waals surface area contributed by atoms with Crippen molar-refractivity contribution < 1.29 is 8.42 Å². The van der Waals surface area contributed by atoms with Crippen LogP contribution in [0, 0.1) is 6.92 Å². The number of sulfonamides is 1. The Labute approximate surface area is 139 Å². The zero-order valence-electron chi connectivity index (χ0n) is 13.5. The van der Waals surface area contributed by atoms with Crippen molar-refractivity contribution in [2.45, 2.75) is 43.5 Å². The van der Waals surface area contributed by atoms with E-state index in [0.29, 0.717) is 11.4 Å². The molecule has 0 amide bonds. The van der Waals surface area contributed by atoms with Gasteiger partial charge in [0.15, 0.2) is 0 Å². The van der Waals surface area contributed by atoms with E-state index in [9.17, 15) is 8.42 Å². The second-order valence-corrected chi connectivity index (χ2v) is 8.14. The predicted octanol–water partition coefficient (Wildman–Crippen LogP) is 3.78.